The minimum Gasteiger partial charge on any atom is -0.480 e. The van der Waals surface area contributed by atoms with Crippen LogP contribution in [0.25, 0.3) is 0 Å². The molecule has 0 saturated carbocycles. The maximum Gasteiger partial charge on any atom is 0.317 e. The minimum absolute atomic E-state index is 0.111. The molecule has 1 N–H and O–H groups in total. The Morgan fingerprint density at radius 2 is 1.50 bits per heavy atom. The number of unbranched alkanes of at least 4 members (excludes halogenated alkanes) is 4. The molecule has 0 rings (SSSR count). The standard InChI is InChI=1S/C7H16.C4H9NO2/c1-3-5-7-6-4-2;1-5(2)3-4(6)7/h3-7H2,1-2H3;3H2,1-2H3,(H,6,7). The molecule has 0 aromatic rings. The number of nitrogens with zero attached hydrogens (tertiary/aromatic N) is 1. The van der Waals surface area contributed by atoms with Gasteiger partial charge >= 0.3 is 5.97 Å². The molecule has 0 amide bonds. The lowest BCUT2D eigenvalue weighted by molar-refractivity contribution is -0.137. The van der Waals surface area contributed by atoms with E-state index in [0.717, 1.165) is 0 Å². The van der Waals surface area contributed by atoms with Crippen molar-refractivity contribution in [1.82, 2.24) is 4.90 Å². The summed E-state index contributed by atoms with van der Waals surface area (Å²) in [7, 11) is 3.43. The van der Waals surface area contributed by atoms with Crippen molar-refractivity contribution < 1.29 is 9.90 Å². The summed E-state index contributed by atoms with van der Waals surface area (Å²) in [4.78, 5) is 11.4. The van der Waals surface area contributed by atoms with Crippen molar-refractivity contribution in [3.63, 3.8) is 0 Å². The highest BCUT2D eigenvalue weighted by Gasteiger charge is 1.94. The van der Waals surface area contributed by atoms with Gasteiger partial charge in [-0.15, -0.1) is 0 Å². The normalized spacial score (nSPS) is 9.50. The van der Waals surface area contributed by atoms with Crippen LogP contribution in [0.4, 0.5) is 0 Å². The Kier molecular flexibility index (Phi) is 14.1. The van der Waals surface area contributed by atoms with Crippen LogP contribution in [0.5, 0.6) is 0 Å². The van der Waals surface area contributed by atoms with Gasteiger partial charge in [0, 0.05) is 0 Å². The molecular weight excluding hydrogens is 178 g/mol. The third-order valence-corrected chi connectivity index (χ3v) is 1.66. The highest BCUT2D eigenvalue weighted by molar-refractivity contribution is 5.68. The van der Waals surface area contributed by atoms with E-state index in [9.17, 15) is 4.79 Å². The van der Waals surface area contributed by atoms with E-state index in [4.69, 9.17) is 5.11 Å². The largest absolute Gasteiger partial charge is 0.480 e. The summed E-state index contributed by atoms with van der Waals surface area (Å²) in [6.45, 7) is 4.60. The molecule has 3 nitrogen and oxygen atoms in total. The predicted octanol–water partition coefficient (Wildman–Crippen LogP) is 2.61. The summed E-state index contributed by atoms with van der Waals surface area (Å²) in [5.74, 6) is -0.787. The minimum atomic E-state index is -0.787. The topological polar surface area (TPSA) is 40.5 Å². The monoisotopic (exact) mass is 203 g/mol. The molecule has 0 unspecified atom stereocenters. The van der Waals surface area contributed by atoms with Gasteiger partial charge in [0.25, 0.3) is 0 Å². The van der Waals surface area contributed by atoms with Gasteiger partial charge in [-0.05, 0) is 14.1 Å². The van der Waals surface area contributed by atoms with Crippen molar-refractivity contribution in [2.45, 2.75) is 46.0 Å². The molecule has 0 bridgehead atoms. The van der Waals surface area contributed by atoms with Gasteiger partial charge in [-0.3, -0.25) is 9.69 Å². The smallest absolute Gasteiger partial charge is 0.317 e. The lowest BCUT2D eigenvalue weighted by Crippen LogP contribution is -2.20. The first-order valence-corrected chi connectivity index (χ1v) is 5.41. The molecule has 0 spiro atoms. The van der Waals surface area contributed by atoms with E-state index in [-0.39, 0.29) is 6.54 Å². The SMILES string of the molecule is CCCCCCC.CN(C)CC(=O)O. The quantitative estimate of drug-likeness (QED) is 0.675. The highest BCUT2D eigenvalue weighted by Crippen LogP contribution is 2.00. The first-order valence-electron chi connectivity index (χ1n) is 5.41. The van der Waals surface area contributed by atoms with Crippen molar-refractivity contribution in [2.24, 2.45) is 0 Å². The van der Waals surface area contributed by atoms with E-state index < -0.39 is 5.97 Å². The van der Waals surface area contributed by atoms with Crippen LogP contribution in [-0.4, -0.2) is 36.6 Å². The number of carbonyl (C=O) groups is 1. The summed E-state index contributed by atoms with van der Waals surface area (Å²) >= 11 is 0. The van der Waals surface area contributed by atoms with Crippen LogP contribution in [0.1, 0.15) is 46.0 Å². The molecular formula is C11H25NO2. The maximum atomic E-state index is 9.77. The molecule has 0 aliphatic heterocycles. The second-order valence-electron chi connectivity index (χ2n) is 3.69. The fraction of sp³-hybridized carbons (Fsp3) is 0.909. The van der Waals surface area contributed by atoms with Crippen molar-refractivity contribution >= 4 is 5.97 Å². The third kappa shape index (κ3) is 22.5. The third-order valence-electron chi connectivity index (χ3n) is 1.66. The molecule has 0 aliphatic carbocycles. The van der Waals surface area contributed by atoms with Crippen molar-refractivity contribution in [3.05, 3.63) is 0 Å². The molecule has 0 radical (unpaired) electrons. The molecule has 86 valence electrons. The number of likely N-dealkylation sites (N-methyl/N-ethyl adjacent to an activating group) is 1. The summed E-state index contributed by atoms with van der Waals surface area (Å²) in [5.41, 5.74) is 0. The van der Waals surface area contributed by atoms with Crippen molar-refractivity contribution in [2.75, 3.05) is 20.6 Å². The lowest BCUT2D eigenvalue weighted by atomic mass is 10.2. The Bertz CT molecular complexity index is 120. The van der Waals surface area contributed by atoms with Gasteiger partial charge < -0.3 is 5.11 Å². The lowest BCUT2D eigenvalue weighted by Gasteiger charge is -2.01. The average molecular weight is 203 g/mol. The second-order valence-corrected chi connectivity index (χ2v) is 3.69. The Hall–Kier alpha value is -0.570. The summed E-state index contributed by atoms with van der Waals surface area (Å²) in [6.07, 6.45) is 7.01. The Morgan fingerprint density at radius 3 is 1.64 bits per heavy atom. The van der Waals surface area contributed by atoms with Crippen LogP contribution < -0.4 is 0 Å². The number of hydrogen-bond donors (Lipinski definition) is 1. The zero-order chi connectivity index (χ0) is 11.4. The zero-order valence-electron chi connectivity index (χ0n) is 10.0. The van der Waals surface area contributed by atoms with Crippen LogP contribution in [0.15, 0.2) is 0 Å². The molecule has 0 heterocycles. The van der Waals surface area contributed by atoms with Crippen LogP contribution in [-0.2, 0) is 4.79 Å². The Labute approximate surface area is 88.1 Å². The van der Waals surface area contributed by atoms with Crippen LogP contribution in [0.3, 0.4) is 0 Å². The highest BCUT2D eigenvalue weighted by atomic mass is 16.4. The van der Waals surface area contributed by atoms with Gasteiger partial charge in [0.15, 0.2) is 0 Å². The van der Waals surface area contributed by atoms with Gasteiger partial charge in [0.2, 0.25) is 0 Å². The van der Waals surface area contributed by atoms with Crippen LogP contribution in [0, 0.1) is 0 Å². The average Bonchev–Trinajstić information content (AvgIpc) is 2.04. The number of rotatable bonds is 6. The van der Waals surface area contributed by atoms with Crippen LogP contribution in [0.2, 0.25) is 0 Å². The van der Waals surface area contributed by atoms with E-state index in [1.54, 1.807) is 19.0 Å². The number of aliphatic carboxylic acids is 1. The molecule has 0 aliphatic rings. The van der Waals surface area contributed by atoms with Gasteiger partial charge in [-0.1, -0.05) is 46.0 Å². The van der Waals surface area contributed by atoms with Crippen molar-refractivity contribution in [3.8, 4) is 0 Å². The maximum absolute atomic E-state index is 9.77. The predicted molar refractivity (Wildman–Crippen MR) is 60.6 cm³/mol. The number of hydrogen-bond acceptors (Lipinski definition) is 2. The summed E-state index contributed by atoms with van der Waals surface area (Å²) < 4.78 is 0. The fourth-order valence-corrected chi connectivity index (χ4v) is 0.947. The molecule has 0 aromatic carbocycles. The van der Waals surface area contributed by atoms with Crippen molar-refractivity contribution in [1.29, 1.82) is 0 Å². The van der Waals surface area contributed by atoms with Gasteiger partial charge in [0.05, 0.1) is 6.54 Å². The molecule has 0 fully saturated rings. The van der Waals surface area contributed by atoms with E-state index in [1.165, 1.54) is 32.1 Å². The second kappa shape index (κ2) is 12.4. The van der Waals surface area contributed by atoms with Crippen LogP contribution >= 0.6 is 0 Å². The number of carboxylic acid groups (broad SMARTS) is 1. The van der Waals surface area contributed by atoms with E-state index >= 15 is 0 Å². The van der Waals surface area contributed by atoms with Gasteiger partial charge in [-0.25, -0.2) is 0 Å². The molecule has 0 atom stereocenters. The Morgan fingerprint density at radius 1 is 1.07 bits per heavy atom. The van der Waals surface area contributed by atoms with Gasteiger partial charge in [-0.2, -0.15) is 0 Å². The summed E-state index contributed by atoms with van der Waals surface area (Å²) in [5, 5.41) is 8.04. The Balaban J connectivity index is 0. The van der Waals surface area contributed by atoms with Gasteiger partial charge in [0.1, 0.15) is 0 Å². The van der Waals surface area contributed by atoms with E-state index in [1.807, 2.05) is 0 Å². The zero-order valence-corrected chi connectivity index (χ0v) is 10.0. The summed E-state index contributed by atoms with van der Waals surface area (Å²) in [6, 6.07) is 0. The van der Waals surface area contributed by atoms with E-state index in [0.29, 0.717) is 0 Å². The molecule has 0 saturated heterocycles. The molecule has 14 heavy (non-hydrogen) atoms. The molecule has 0 aromatic heterocycles. The first kappa shape index (κ1) is 15.9. The first-order chi connectivity index (χ1) is 6.54. The van der Waals surface area contributed by atoms with E-state index in [2.05, 4.69) is 13.8 Å². The number of carboxylic acids is 1. The fourth-order valence-electron chi connectivity index (χ4n) is 0.947. The molecule has 3 heteroatoms.